The maximum atomic E-state index is 13.8. The van der Waals surface area contributed by atoms with E-state index >= 15 is 0 Å². The second kappa shape index (κ2) is 33.1. The number of alkyl halides is 3. The summed E-state index contributed by atoms with van der Waals surface area (Å²) in [6.45, 7) is 7.55. The molecule has 18 rings (SSSR count). The molecule has 0 unspecified atom stereocenters. The summed E-state index contributed by atoms with van der Waals surface area (Å²) in [4.78, 5) is 98.7. The average molecular weight is 1700 g/mol. The van der Waals surface area contributed by atoms with Crippen LogP contribution in [-0.4, -0.2) is 78.1 Å². The zero-order valence-corrected chi connectivity index (χ0v) is 66.5. The fraction of sp³-hybridized carbons (Fsp3) is 0.185. The monoisotopic (exact) mass is 1700 g/mol. The van der Waals surface area contributed by atoms with Crippen LogP contribution in [0.5, 0.6) is 0 Å². The van der Waals surface area contributed by atoms with Gasteiger partial charge in [-0.25, -0.2) is 19.9 Å². The summed E-state index contributed by atoms with van der Waals surface area (Å²) in [5.74, 6) is 0.559. The van der Waals surface area contributed by atoms with E-state index in [0.717, 1.165) is 64.6 Å². The smallest absolute Gasteiger partial charge is 0.383 e. The number of anilines is 6. The van der Waals surface area contributed by atoms with Crippen LogP contribution in [-0.2, 0) is 6.18 Å². The number of pyridine rings is 4. The molecule has 10 heterocycles. The number of fused-ring (bicyclic) bond motifs is 6. The van der Waals surface area contributed by atoms with Crippen LogP contribution in [0.1, 0.15) is 118 Å². The molecule has 117 heavy (non-hydrogen) atoms. The van der Waals surface area contributed by atoms with Crippen molar-refractivity contribution in [1.82, 2.24) is 78.1 Å². The van der Waals surface area contributed by atoms with E-state index < -0.39 is 29.7 Å². The first-order valence-electron chi connectivity index (χ1n) is 36.4. The highest BCUT2D eigenvalue weighted by molar-refractivity contribution is 6.37. The lowest BCUT2D eigenvalue weighted by Gasteiger charge is -2.22. The molecule has 0 aliphatic heterocycles. The normalized spacial score (nSPS) is 13.8. The van der Waals surface area contributed by atoms with E-state index in [-0.39, 0.29) is 75.3 Å². The molecule has 2 aliphatic rings. The number of nitrogens with one attached hydrogen (secondary N) is 6. The van der Waals surface area contributed by atoms with E-state index in [1.165, 1.54) is 17.1 Å². The second-order valence-electron chi connectivity index (χ2n) is 27.6. The molecule has 2 fully saturated rings. The minimum atomic E-state index is -4.65. The highest BCUT2D eigenvalue weighted by atomic mass is 35.5. The first kappa shape index (κ1) is 79.9. The number of benzene rings is 6. The zero-order chi connectivity index (χ0) is 82.4. The molecule has 0 spiro atoms. The Labute approximate surface area is 690 Å². The number of hydrogen-bond donors (Lipinski definition) is 8. The summed E-state index contributed by atoms with van der Waals surface area (Å²) >= 11 is 37.5. The van der Waals surface area contributed by atoms with E-state index in [1.54, 1.807) is 89.1 Å². The van der Waals surface area contributed by atoms with Crippen molar-refractivity contribution in [2.24, 2.45) is 0 Å². The Morgan fingerprint density at radius 1 is 0.436 bits per heavy atom. The zero-order valence-electron chi connectivity index (χ0n) is 61.9. The summed E-state index contributed by atoms with van der Waals surface area (Å²) in [7, 11) is 0. The lowest BCUT2D eigenvalue weighted by Crippen LogP contribution is -2.26. The number of rotatable bonds is 16. The molecular weight excluding hydrogens is 1630 g/mol. The van der Waals surface area contributed by atoms with Crippen molar-refractivity contribution in [3.8, 4) is 11.4 Å². The number of halogens is 10. The van der Waals surface area contributed by atoms with Crippen molar-refractivity contribution in [2.75, 3.05) is 32.7 Å². The fourth-order valence-electron chi connectivity index (χ4n) is 13.9. The van der Waals surface area contributed by atoms with E-state index in [4.69, 9.17) is 81.1 Å². The van der Waals surface area contributed by atoms with Crippen molar-refractivity contribution in [3.63, 3.8) is 0 Å². The number of nitrogen functional groups attached to an aromatic ring is 2. The fourth-order valence-corrected chi connectivity index (χ4v) is 15.2. The minimum absolute atomic E-state index is 0.0540. The predicted molar refractivity (Wildman–Crippen MR) is 451 cm³/mol. The van der Waals surface area contributed by atoms with Crippen LogP contribution in [0.25, 0.3) is 76.8 Å². The molecule has 4 atom stereocenters. The lowest BCUT2D eigenvalue weighted by molar-refractivity contribution is -0.137. The maximum Gasteiger partial charge on any atom is 0.421 e. The van der Waals surface area contributed by atoms with Gasteiger partial charge in [0.1, 0.15) is 27.4 Å². The van der Waals surface area contributed by atoms with Crippen LogP contribution in [0.2, 0.25) is 30.4 Å². The van der Waals surface area contributed by atoms with E-state index in [1.807, 2.05) is 116 Å². The maximum absolute atomic E-state index is 13.8. The summed E-state index contributed by atoms with van der Waals surface area (Å²) in [6.07, 6.45) is 3.39. The molecule has 0 saturated heterocycles. The molecular formula is C81H66Cl6F4N22O4. The van der Waals surface area contributed by atoms with Crippen LogP contribution < -0.4 is 55.0 Å². The highest BCUT2D eigenvalue weighted by Crippen LogP contribution is 2.41. The number of aromatic nitrogens is 16. The highest BCUT2D eigenvalue weighted by Gasteiger charge is 2.36. The number of imidazole rings is 2. The molecule has 2 aliphatic carbocycles. The molecule has 0 bridgehead atoms. The summed E-state index contributed by atoms with van der Waals surface area (Å²) < 4.78 is 59.4. The number of nitrogens with zero attached hydrogens (tertiary/aromatic N) is 14. The first-order valence-corrected chi connectivity index (χ1v) is 38.7. The summed E-state index contributed by atoms with van der Waals surface area (Å²) in [5, 5.41) is 19.7. The Kier molecular flexibility index (Phi) is 22.6. The van der Waals surface area contributed by atoms with Crippen molar-refractivity contribution >= 4 is 170 Å². The van der Waals surface area contributed by atoms with Gasteiger partial charge in [0.2, 0.25) is 17.2 Å². The molecule has 10 N–H and O–H groups in total. The van der Waals surface area contributed by atoms with Crippen molar-refractivity contribution in [2.45, 2.75) is 95.8 Å². The topological polar surface area (TPSA) is 349 Å². The van der Waals surface area contributed by atoms with Crippen LogP contribution in [0, 0.1) is 6.08 Å². The molecule has 36 heteroatoms. The van der Waals surface area contributed by atoms with Gasteiger partial charge in [-0.15, -0.1) is 0 Å². The first-order chi connectivity index (χ1) is 56.2. The van der Waals surface area contributed by atoms with Crippen molar-refractivity contribution in [3.05, 3.63) is 289 Å². The van der Waals surface area contributed by atoms with Crippen LogP contribution in [0.4, 0.5) is 52.7 Å². The average Bonchev–Trinajstić information content (AvgIpc) is 1.75. The van der Waals surface area contributed by atoms with Gasteiger partial charge in [-0.3, -0.25) is 28.3 Å². The van der Waals surface area contributed by atoms with E-state index in [0.29, 0.717) is 104 Å². The molecule has 594 valence electrons. The lowest BCUT2D eigenvalue weighted by atomic mass is 10.1. The van der Waals surface area contributed by atoms with Gasteiger partial charge in [-0.05, 0) is 159 Å². The van der Waals surface area contributed by atoms with Crippen LogP contribution >= 0.6 is 69.6 Å². The van der Waals surface area contributed by atoms with Gasteiger partial charge in [0.25, 0.3) is 22.2 Å². The second-order valence-corrected chi connectivity index (χ2v) is 30.0. The van der Waals surface area contributed by atoms with Gasteiger partial charge in [-0.1, -0.05) is 143 Å². The molecule has 16 aromatic rings. The Hall–Kier alpha value is -12.3. The molecule has 26 nitrogen and oxygen atoms in total. The van der Waals surface area contributed by atoms with E-state index in [9.17, 15) is 36.7 Å². The number of hydrogen-bond acceptors (Lipinski definition) is 20. The van der Waals surface area contributed by atoms with Gasteiger partial charge >= 0.3 is 12.3 Å². The molecule has 6 aromatic carbocycles. The SMILES string of the molecule is C[C@H](Nc1nc(Cl)nc2nc[nH]c12)c1cc2cccc(Cl)c2c(=O)n1C1CC1.C[C@H](Nc1nc(F)nc2nc[nH]c12)c1cc2cccc(Cl)c2c(=O)n1C1CC1.C[C@H](Nc1nc(N)ncc1Cl)c1cc2cccc(Cl)c2c(=O)n1-c1ccccc1.C[C@H](Nc1ncc(C(F)(F)F)c(N)n1)c1cc2cccc(Cl)c2c(=O)n1-c1ccccc1. The van der Waals surface area contributed by atoms with Gasteiger partial charge in [0, 0.05) is 52.4 Å². The van der Waals surface area contributed by atoms with Gasteiger partial charge in [0.05, 0.1) is 84.7 Å². The van der Waals surface area contributed by atoms with Crippen molar-refractivity contribution < 1.29 is 17.6 Å². The van der Waals surface area contributed by atoms with Gasteiger partial charge in [0.15, 0.2) is 28.7 Å². The predicted octanol–water partition coefficient (Wildman–Crippen LogP) is 18.5. The summed E-state index contributed by atoms with van der Waals surface area (Å²) in [5.41, 5.74) is 15.6. The molecule has 0 amide bonds. The Morgan fingerprint density at radius 2 is 0.838 bits per heavy atom. The number of para-hydroxylation sites is 2. The Balaban J connectivity index is 0.000000122. The number of H-pyrrole nitrogens is 2. The molecule has 2 saturated carbocycles. The molecule has 0 radical (unpaired) electrons. The van der Waals surface area contributed by atoms with Gasteiger partial charge < -0.3 is 51.8 Å². The molecule has 10 aromatic heterocycles. The minimum Gasteiger partial charge on any atom is -0.383 e. The third kappa shape index (κ3) is 16.7. The standard InChI is InChI=1S/C22H17ClF3N5O.C21H17Cl2N5O.C19H16Cl2N6O.C19H16ClFN6O/c1-12(29-21-28-11-15(19(27)30-21)22(24,25)26)17-10-13-6-5-9-16(23)18(13)20(32)31(17)14-7-3-2-4-8-14;1-12(26-19-16(23)11-25-21(24)27-19)17-10-13-6-5-9-15(22)18(13)20(29)28(17)14-7-3-2-4-8-14;2*1-9(24-17-15-16(23-8-22-15)25-19(21)26-17)13-7-10-3-2-4-12(20)14(10)18(28)27(13)11-5-6-11/h2-12H,1H3,(H3,27,28,29,30);2-12H,1H3,(H3,24,25,26,27);2*2-4,7-9,11H,5-6H2,1H3,(H2,22,23,24,25,26)/t2*12-;2*9-/m0000/s1. The van der Waals surface area contributed by atoms with Gasteiger partial charge in [-0.2, -0.15) is 47.5 Å². The van der Waals surface area contributed by atoms with Crippen LogP contribution in [0.15, 0.2) is 202 Å². The van der Waals surface area contributed by atoms with E-state index in [2.05, 4.69) is 81.1 Å². The quantitative estimate of drug-likeness (QED) is 0.0329. The Morgan fingerprint density at radius 3 is 1.27 bits per heavy atom. The third-order valence-electron chi connectivity index (χ3n) is 19.6. The summed E-state index contributed by atoms with van der Waals surface area (Å²) in [6, 6.07) is 46.5. The number of nitrogens with two attached hydrogens (primary N) is 2. The third-order valence-corrected chi connectivity index (χ3v) is 21.3. The largest absolute Gasteiger partial charge is 0.421 e. The Bertz CT molecular complexity index is 6590. The number of aromatic amines is 2. The van der Waals surface area contributed by atoms with Crippen molar-refractivity contribution in [1.29, 1.82) is 0 Å². The van der Waals surface area contributed by atoms with Crippen LogP contribution in [0.3, 0.4) is 0 Å².